The van der Waals surface area contributed by atoms with Crippen molar-refractivity contribution in [2.45, 2.75) is 6.54 Å². The number of nitrogens with one attached hydrogen (secondary N) is 3. The Kier molecular flexibility index (Phi) is 11.8. The smallest absolute Gasteiger partial charge is 0.251 e. The van der Waals surface area contributed by atoms with Gasteiger partial charge in [-0.2, -0.15) is 0 Å². The van der Waals surface area contributed by atoms with Crippen molar-refractivity contribution in [2.75, 3.05) is 6.54 Å². The monoisotopic (exact) mass is 701 g/mol. The van der Waals surface area contributed by atoms with Gasteiger partial charge in [0.25, 0.3) is 5.91 Å². The van der Waals surface area contributed by atoms with Crippen LogP contribution in [-0.4, -0.2) is 34.5 Å². The number of phenolic OH excluding ortho intramolecular Hbond substituents is 2. The molecule has 0 spiro atoms. The molecule has 0 aliphatic carbocycles. The Morgan fingerprint density at radius 1 is 0.865 bits per heavy atom. The zero-order valence-corrected chi connectivity index (χ0v) is 23.4. The van der Waals surface area contributed by atoms with Crippen LogP contribution in [0.4, 0.5) is 0 Å². The molecule has 37 heavy (non-hydrogen) atoms. The summed E-state index contributed by atoms with van der Waals surface area (Å²) in [6, 6.07) is 13.1. The number of aromatic hydroxyl groups is 2. The third-order valence-corrected chi connectivity index (χ3v) is 5.84. The zero-order valence-electron chi connectivity index (χ0n) is 18.7. The zero-order chi connectivity index (χ0) is 26.2. The minimum atomic E-state index is -0.635. The summed E-state index contributed by atoms with van der Waals surface area (Å²) < 4.78 is 4.98. The van der Waals surface area contributed by atoms with E-state index in [1.54, 1.807) is 35.1 Å². The first-order valence-electron chi connectivity index (χ1n) is 10.3. The molecule has 0 saturated heterocycles. The van der Waals surface area contributed by atoms with E-state index in [1.807, 2.05) is 0 Å². The van der Waals surface area contributed by atoms with Crippen LogP contribution in [0.25, 0.3) is 0 Å². The van der Waals surface area contributed by atoms with Crippen molar-refractivity contribution in [3.8, 4) is 17.2 Å². The Bertz CT molecular complexity index is 1290. The second-order valence-corrected chi connectivity index (χ2v) is 8.60. The number of carbonyl (C=O) groups excluding carboxylic acids is 3. The third kappa shape index (κ3) is 8.67. The molecule has 0 saturated carbocycles. The van der Waals surface area contributed by atoms with E-state index in [2.05, 4.69) is 16.0 Å². The molecule has 3 rings (SSSR count). The van der Waals surface area contributed by atoms with E-state index in [1.165, 1.54) is 49.0 Å². The minimum absolute atomic E-state index is 0. The maximum atomic E-state index is 12.6. The Labute approximate surface area is 246 Å². The fourth-order valence-electron chi connectivity index (χ4n) is 3.09. The number of hydrogen-bond acceptors (Lipinski definition) is 6. The van der Waals surface area contributed by atoms with Gasteiger partial charge < -0.3 is 29.2 Å². The normalized spacial score (nSPS) is 10.1. The number of rotatable bonds is 9. The van der Waals surface area contributed by atoms with E-state index in [9.17, 15) is 24.6 Å². The summed E-state index contributed by atoms with van der Waals surface area (Å²) in [5.41, 5.74) is 0.980. The Balaban J connectivity index is 0.00000481. The molecule has 0 fully saturated rings. The van der Waals surface area contributed by atoms with Crippen molar-refractivity contribution in [1.29, 1.82) is 0 Å². The summed E-state index contributed by atoms with van der Waals surface area (Å²) in [5.74, 6) is -1.34. The fraction of sp³-hybridized carbons (Fsp3) is 0.0833. The molecule has 0 unspecified atom stereocenters. The van der Waals surface area contributed by atoms with E-state index in [0.29, 0.717) is 11.3 Å². The quantitative estimate of drug-likeness (QED) is 0.128. The predicted molar refractivity (Wildman–Crippen MR) is 143 cm³/mol. The van der Waals surface area contributed by atoms with Gasteiger partial charge in [-0.15, -0.1) is 0 Å². The topological polar surface area (TPSA) is 137 Å². The number of amides is 3. The molecule has 1 radical (unpaired) electrons. The van der Waals surface area contributed by atoms with Gasteiger partial charge in [0.1, 0.15) is 17.2 Å². The van der Waals surface area contributed by atoms with Crippen LogP contribution in [0.1, 0.15) is 36.6 Å². The maximum Gasteiger partial charge on any atom is 0.251 e. The molecule has 9 nitrogen and oxygen atoms in total. The van der Waals surface area contributed by atoms with Gasteiger partial charge >= 0.3 is 0 Å². The van der Waals surface area contributed by atoms with Gasteiger partial charge in [0, 0.05) is 40.5 Å². The number of hydrogen-bond donors (Lipinski definition) is 5. The largest absolute Gasteiger partial charge is 0.508 e. The van der Waals surface area contributed by atoms with Gasteiger partial charge in [0.15, 0.2) is 23.0 Å². The van der Waals surface area contributed by atoms with Crippen molar-refractivity contribution in [1.82, 2.24) is 16.0 Å². The molecule has 0 aromatic heterocycles. The first-order chi connectivity index (χ1) is 17.2. The molecule has 13 heteroatoms. The summed E-state index contributed by atoms with van der Waals surface area (Å²) in [7, 11) is 0. The first-order valence-corrected chi connectivity index (χ1v) is 11.9. The number of benzene rings is 3. The average molecular weight is 702 g/mol. The summed E-state index contributed by atoms with van der Waals surface area (Å²) in [5, 5.41) is 26.8. The van der Waals surface area contributed by atoms with Gasteiger partial charge in [-0.25, -0.2) is 6.54 Å². The number of halogens is 3. The summed E-state index contributed by atoms with van der Waals surface area (Å²) in [6.45, 7) is 1.42. The van der Waals surface area contributed by atoms with Crippen LogP contribution in [0.3, 0.4) is 0 Å². The van der Waals surface area contributed by atoms with Gasteiger partial charge in [-0.3, -0.25) is 14.4 Å². The Morgan fingerprint density at radius 2 is 1.51 bits per heavy atom. The van der Waals surface area contributed by atoms with Crippen LogP contribution in [0.15, 0.2) is 54.6 Å². The molecule has 3 amide bonds. The van der Waals surface area contributed by atoms with Gasteiger partial charge in [0.05, 0.1) is 15.6 Å². The van der Waals surface area contributed by atoms with E-state index in [0.717, 1.165) is 0 Å². The second-order valence-electron chi connectivity index (χ2n) is 7.35. The Morgan fingerprint density at radius 3 is 2.16 bits per heavy atom. The van der Waals surface area contributed by atoms with Crippen LogP contribution in [0.5, 0.6) is 17.2 Å². The molecule has 197 valence electrons. The molecule has 3 aromatic rings. The van der Waals surface area contributed by atoms with E-state index < -0.39 is 17.7 Å². The number of carbonyl (C=O) groups is 3. The average Bonchev–Trinajstić information content (AvgIpc) is 2.84. The van der Waals surface area contributed by atoms with Crippen molar-refractivity contribution in [2.24, 2.45) is 0 Å². The molecule has 0 aliphatic rings. The molecule has 3 aromatic carbocycles. The van der Waals surface area contributed by atoms with Crippen LogP contribution in [0.2, 0.25) is 10.0 Å². The second kappa shape index (κ2) is 14.3. The standard InChI is InChI=1S/C24H19Cl2IN3O6.Co/c25-19-9-15(23(34)30-12-13-2-1-3-16(31)6-13)10-20(26)21(19)24(35)29-5-4-28-22(33)14-7-17(32)11-18(8-14)36-27;/h1-3,5-11,31-32H,4,12H2,(H,28,33)(H,29,35)(H,30,34);/q-1;. The van der Waals surface area contributed by atoms with Gasteiger partial charge in [0.2, 0.25) is 11.8 Å². The van der Waals surface area contributed by atoms with Crippen LogP contribution < -0.4 is 19.0 Å². The van der Waals surface area contributed by atoms with Crippen LogP contribution >= 0.6 is 46.2 Å². The third-order valence-electron chi connectivity index (χ3n) is 4.74. The van der Waals surface area contributed by atoms with E-state index >= 15 is 0 Å². The molecule has 5 N–H and O–H groups in total. The maximum absolute atomic E-state index is 12.6. The molecular weight excluding hydrogens is 683 g/mol. The SMILES string of the molecule is O=C(NC[CH-]NC(=O)c1c(Cl)cc(C(=O)NCc2cccc(O)c2)cc1Cl)c1cc(O)cc(OI)c1.[Co]. The van der Waals surface area contributed by atoms with Crippen molar-refractivity contribution < 1.29 is 44.4 Å². The van der Waals surface area contributed by atoms with E-state index in [4.69, 9.17) is 26.3 Å². The van der Waals surface area contributed by atoms with Crippen molar-refractivity contribution in [3.63, 3.8) is 0 Å². The van der Waals surface area contributed by atoms with Gasteiger partial charge in [-0.1, -0.05) is 41.9 Å². The van der Waals surface area contributed by atoms with Crippen LogP contribution in [-0.2, 0) is 23.3 Å². The summed E-state index contributed by atoms with van der Waals surface area (Å²) >= 11 is 14.1. The Hall–Kier alpha value is -2.71. The van der Waals surface area contributed by atoms with Crippen molar-refractivity contribution in [3.05, 3.63) is 93.4 Å². The summed E-state index contributed by atoms with van der Waals surface area (Å²) in [4.78, 5) is 37.3. The molecule has 0 aliphatic heterocycles. The predicted octanol–water partition coefficient (Wildman–Crippen LogP) is 4.38. The van der Waals surface area contributed by atoms with Crippen LogP contribution in [0, 0.1) is 6.54 Å². The van der Waals surface area contributed by atoms with Crippen molar-refractivity contribution >= 4 is 63.9 Å². The molecule has 0 heterocycles. The van der Waals surface area contributed by atoms with Gasteiger partial charge in [-0.05, 0) is 42.0 Å². The minimum Gasteiger partial charge on any atom is -0.508 e. The first kappa shape index (κ1) is 30.5. The molecular formula is C24H19Cl2CoIN3O6-. The fourth-order valence-corrected chi connectivity index (χ4v) is 4.01. The molecule has 0 atom stereocenters. The summed E-state index contributed by atoms with van der Waals surface area (Å²) in [6.07, 6.45) is 0. The van der Waals surface area contributed by atoms with E-state index in [-0.39, 0.29) is 68.1 Å². The number of phenols is 2. The molecule has 0 bridgehead atoms.